The Hall–Kier alpha value is -2.80. The fourth-order valence-electron chi connectivity index (χ4n) is 2.40. The molecule has 4 nitrogen and oxygen atoms in total. The number of nitriles is 1. The summed E-state index contributed by atoms with van der Waals surface area (Å²) in [6.07, 6.45) is 1.18. The monoisotopic (exact) mass is 308 g/mol. The van der Waals surface area contributed by atoms with Crippen LogP contribution in [0.2, 0.25) is 0 Å². The number of hydrogen-bond donors (Lipinski definition) is 1. The highest BCUT2D eigenvalue weighted by Crippen LogP contribution is 2.19. The molecule has 118 valence electrons. The Morgan fingerprint density at radius 3 is 2.74 bits per heavy atom. The van der Waals surface area contributed by atoms with Crippen molar-refractivity contribution in [2.24, 2.45) is 5.92 Å². The van der Waals surface area contributed by atoms with Gasteiger partial charge < -0.3 is 10.1 Å². The van der Waals surface area contributed by atoms with Gasteiger partial charge in [-0.1, -0.05) is 37.3 Å². The molecule has 1 atom stereocenters. The van der Waals surface area contributed by atoms with E-state index in [9.17, 15) is 10.1 Å². The summed E-state index contributed by atoms with van der Waals surface area (Å²) < 4.78 is 5.17. The number of hydrogen-bond acceptors (Lipinski definition) is 3. The van der Waals surface area contributed by atoms with Crippen molar-refractivity contribution >= 4 is 11.6 Å². The first kappa shape index (κ1) is 16.6. The molecule has 23 heavy (non-hydrogen) atoms. The molecule has 0 saturated carbocycles. The molecule has 0 fully saturated rings. The third-order valence-corrected chi connectivity index (χ3v) is 3.70. The van der Waals surface area contributed by atoms with Crippen molar-refractivity contribution in [1.82, 2.24) is 0 Å². The van der Waals surface area contributed by atoms with E-state index in [2.05, 4.69) is 11.4 Å². The quantitative estimate of drug-likeness (QED) is 0.887. The maximum absolute atomic E-state index is 12.4. The van der Waals surface area contributed by atoms with E-state index >= 15 is 0 Å². The molecule has 4 heteroatoms. The van der Waals surface area contributed by atoms with E-state index in [0.717, 1.165) is 29.0 Å². The highest BCUT2D eigenvalue weighted by Gasteiger charge is 2.19. The standard InChI is InChI=1S/C19H20N2O2/c1-3-15-8-4-5-10-18(15)21-19(22)16(13-20)11-14-7-6-9-17(12-14)23-2/h4-10,12,16H,3,11H2,1-2H3,(H,21,22)/t16-/m0/s1. The topological polar surface area (TPSA) is 62.1 Å². The van der Waals surface area contributed by atoms with Crippen LogP contribution in [0.4, 0.5) is 5.69 Å². The van der Waals surface area contributed by atoms with Crippen molar-refractivity contribution < 1.29 is 9.53 Å². The Kier molecular flexibility index (Phi) is 5.76. The lowest BCUT2D eigenvalue weighted by Crippen LogP contribution is -2.24. The number of rotatable bonds is 6. The molecule has 1 N–H and O–H groups in total. The van der Waals surface area contributed by atoms with Crippen molar-refractivity contribution in [3.8, 4) is 11.8 Å². The minimum absolute atomic E-state index is 0.281. The number of benzene rings is 2. The summed E-state index contributed by atoms with van der Waals surface area (Å²) in [6.45, 7) is 2.03. The Morgan fingerprint density at radius 2 is 2.04 bits per heavy atom. The average molecular weight is 308 g/mol. The van der Waals surface area contributed by atoms with Crippen LogP contribution in [0.1, 0.15) is 18.1 Å². The summed E-state index contributed by atoms with van der Waals surface area (Å²) in [5.41, 5.74) is 2.72. The number of aryl methyl sites for hydroxylation is 1. The number of nitrogens with one attached hydrogen (secondary N) is 1. The SMILES string of the molecule is CCc1ccccc1NC(=O)[C@H](C#N)Cc1cccc(OC)c1. The van der Waals surface area contributed by atoms with E-state index in [4.69, 9.17) is 4.74 Å². The normalized spacial score (nSPS) is 11.3. The highest BCUT2D eigenvalue weighted by atomic mass is 16.5. The molecule has 0 saturated heterocycles. The van der Waals surface area contributed by atoms with Gasteiger partial charge in [0, 0.05) is 5.69 Å². The van der Waals surface area contributed by atoms with Crippen LogP contribution >= 0.6 is 0 Å². The Balaban J connectivity index is 2.11. The molecule has 0 aliphatic carbocycles. The maximum Gasteiger partial charge on any atom is 0.242 e. The lowest BCUT2D eigenvalue weighted by molar-refractivity contribution is -0.118. The van der Waals surface area contributed by atoms with Crippen LogP contribution in [0.5, 0.6) is 5.75 Å². The molecule has 2 aromatic rings. The number of para-hydroxylation sites is 1. The van der Waals surface area contributed by atoms with Crippen molar-refractivity contribution in [2.75, 3.05) is 12.4 Å². The first-order chi connectivity index (χ1) is 11.2. The summed E-state index contributed by atoms with van der Waals surface area (Å²) in [7, 11) is 1.59. The van der Waals surface area contributed by atoms with E-state index in [-0.39, 0.29) is 5.91 Å². The van der Waals surface area contributed by atoms with Gasteiger partial charge in [0.25, 0.3) is 0 Å². The van der Waals surface area contributed by atoms with Gasteiger partial charge in [-0.25, -0.2) is 0 Å². The van der Waals surface area contributed by atoms with Gasteiger partial charge in [-0.05, 0) is 42.2 Å². The summed E-state index contributed by atoms with van der Waals surface area (Å²) in [4.78, 5) is 12.4. The second-order valence-electron chi connectivity index (χ2n) is 5.24. The molecular formula is C19H20N2O2. The second-order valence-corrected chi connectivity index (χ2v) is 5.24. The minimum Gasteiger partial charge on any atom is -0.497 e. The van der Waals surface area contributed by atoms with Crippen molar-refractivity contribution in [2.45, 2.75) is 19.8 Å². The minimum atomic E-state index is -0.744. The number of methoxy groups -OCH3 is 1. The number of carbonyl (C=O) groups is 1. The molecule has 0 spiro atoms. The Labute approximate surface area is 136 Å². The van der Waals surface area contributed by atoms with E-state index < -0.39 is 5.92 Å². The van der Waals surface area contributed by atoms with Crippen LogP contribution in [0.25, 0.3) is 0 Å². The zero-order chi connectivity index (χ0) is 16.7. The molecule has 2 aromatic carbocycles. The van der Waals surface area contributed by atoms with Crippen LogP contribution in [0.3, 0.4) is 0 Å². The highest BCUT2D eigenvalue weighted by molar-refractivity contribution is 5.95. The smallest absolute Gasteiger partial charge is 0.242 e. The summed E-state index contributed by atoms with van der Waals surface area (Å²) in [5, 5.41) is 12.2. The largest absolute Gasteiger partial charge is 0.497 e. The van der Waals surface area contributed by atoms with Gasteiger partial charge in [-0.15, -0.1) is 0 Å². The molecule has 2 rings (SSSR count). The van der Waals surface area contributed by atoms with E-state index in [1.54, 1.807) is 7.11 Å². The van der Waals surface area contributed by atoms with Crippen LogP contribution in [-0.2, 0) is 17.6 Å². The Morgan fingerprint density at radius 1 is 1.26 bits per heavy atom. The van der Waals surface area contributed by atoms with Gasteiger partial charge in [-0.2, -0.15) is 5.26 Å². The van der Waals surface area contributed by atoms with E-state index in [0.29, 0.717) is 6.42 Å². The molecule has 0 radical (unpaired) electrons. The molecule has 0 unspecified atom stereocenters. The number of ether oxygens (including phenoxy) is 1. The molecule has 1 amide bonds. The van der Waals surface area contributed by atoms with Gasteiger partial charge in [0.05, 0.1) is 13.2 Å². The first-order valence-corrected chi connectivity index (χ1v) is 7.59. The van der Waals surface area contributed by atoms with Gasteiger partial charge in [-0.3, -0.25) is 4.79 Å². The summed E-state index contributed by atoms with van der Waals surface area (Å²) >= 11 is 0. The fraction of sp³-hybridized carbons (Fsp3) is 0.263. The fourth-order valence-corrected chi connectivity index (χ4v) is 2.40. The lowest BCUT2D eigenvalue weighted by Gasteiger charge is -2.13. The third kappa shape index (κ3) is 4.33. The third-order valence-electron chi connectivity index (χ3n) is 3.70. The van der Waals surface area contributed by atoms with Gasteiger partial charge in [0.2, 0.25) is 5.91 Å². The number of anilines is 1. The summed E-state index contributed by atoms with van der Waals surface area (Å²) in [6, 6.07) is 17.2. The van der Waals surface area contributed by atoms with Crippen molar-refractivity contribution in [3.63, 3.8) is 0 Å². The predicted octanol–water partition coefficient (Wildman–Crippen LogP) is 3.58. The number of amides is 1. The molecule has 0 aliphatic rings. The maximum atomic E-state index is 12.4. The second kappa shape index (κ2) is 8.00. The van der Waals surface area contributed by atoms with Crippen LogP contribution < -0.4 is 10.1 Å². The molecule has 0 aliphatic heterocycles. The first-order valence-electron chi connectivity index (χ1n) is 7.59. The summed E-state index contributed by atoms with van der Waals surface area (Å²) in [5.74, 6) is -0.306. The van der Waals surface area contributed by atoms with Crippen LogP contribution in [-0.4, -0.2) is 13.0 Å². The number of nitrogens with zero attached hydrogens (tertiary/aromatic N) is 1. The zero-order valence-corrected chi connectivity index (χ0v) is 13.4. The van der Waals surface area contributed by atoms with Crippen LogP contribution in [0, 0.1) is 17.2 Å². The van der Waals surface area contributed by atoms with Gasteiger partial charge in [0.15, 0.2) is 0 Å². The Bertz CT molecular complexity index is 719. The molecule has 0 bridgehead atoms. The number of carbonyl (C=O) groups excluding carboxylic acids is 1. The van der Waals surface area contributed by atoms with E-state index in [1.807, 2.05) is 55.5 Å². The predicted molar refractivity (Wildman–Crippen MR) is 90.3 cm³/mol. The lowest BCUT2D eigenvalue weighted by atomic mass is 9.99. The molecular weight excluding hydrogens is 288 g/mol. The van der Waals surface area contributed by atoms with Gasteiger partial charge >= 0.3 is 0 Å². The van der Waals surface area contributed by atoms with Crippen LogP contribution in [0.15, 0.2) is 48.5 Å². The molecule has 0 heterocycles. The van der Waals surface area contributed by atoms with Crippen molar-refractivity contribution in [3.05, 3.63) is 59.7 Å². The van der Waals surface area contributed by atoms with Crippen molar-refractivity contribution in [1.29, 1.82) is 5.26 Å². The molecule has 0 aromatic heterocycles. The average Bonchev–Trinajstić information content (AvgIpc) is 2.60. The zero-order valence-electron chi connectivity index (χ0n) is 13.4. The van der Waals surface area contributed by atoms with Gasteiger partial charge in [0.1, 0.15) is 11.7 Å². The van der Waals surface area contributed by atoms with E-state index in [1.165, 1.54) is 0 Å².